The molecule has 116 valence electrons. The van der Waals surface area contributed by atoms with Crippen molar-refractivity contribution in [2.24, 2.45) is 5.92 Å². The summed E-state index contributed by atoms with van der Waals surface area (Å²) < 4.78 is 0. The smallest absolute Gasteiger partial charge is 0.229 e. The van der Waals surface area contributed by atoms with Crippen molar-refractivity contribution < 1.29 is 20.1 Å². The fourth-order valence-electron chi connectivity index (χ4n) is 2.59. The van der Waals surface area contributed by atoms with Crippen molar-refractivity contribution in [2.75, 3.05) is 5.32 Å². The zero-order chi connectivity index (χ0) is 15.7. The van der Waals surface area contributed by atoms with E-state index in [9.17, 15) is 20.1 Å². The van der Waals surface area contributed by atoms with E-state index in [1.807, 2.05) is 0 Å². The maximum absolute atomic E-state index is 12.1. The van der Waals surface area contributed by atoms with E-state index in [-0.39, 0.29) is 23.3 Å². The molecule has 7 heteroatoms. The van der Waals surface area contributed by atoms with Crippen LogP contribution < -0.4 is 5.32 Å². The van der Waals surface area contributed by atoms with Gasteiger partial charge in [-0.15, -0.1) is 11.3 Å². The highest BCUT2D eigenvalue weighted by molar-refractivity contribution is 7.14. The van der Waals surface area contributed by atoms with E-state index >= 15 is 0 Å². The number of nitrogens with one attached hydrogen (secondary N) is 1. The topological polar surface area (TPSA) is 103 Å². The van der Waals surface area contributed by atoms with Crippen molar-refractivity contribution in [3.05, 3.63) is 23.6 Å². The largest absolute Gasteiger partial charge is 0.508 e. The van der Waals surface area contributed by atoms with Crippen LogP contribution in [0.25, 0.3) is 11.3 Å². The molecule has 1 saturated carbocycles. The molecule has 1 amide bonds. The molecule has 1 aromatic heterocycles. The molecule has 2 aromatic rings. The first-order chi connectivity index (χ1) is 10.5. The molecule has 4 N–H and O–H groups in total. The van der Waals surface area contributed by atoms with Crippen LogP contribution in [0.1, 0.15) is 19.3 Å². The van der Waals surface area contributed by atoms with Crippen molar-refractivity contribution in [3.8, 4) is 22.8 Å². The minimum absolute atomic E-state index is 0.0233. The number of carbonyl (C=O) groups is 1. The highest BCUT2D eigenvalue weighted by Gasteiger charge is 2.29. The van der Waals surface area contributed by atoms with Crippen LogP contribution in [-0.2, 0) is 4.79 Å². The van der Waals surface area contributed by atoms with Gasteiger partial charge in [-0.3, -0.25) is 4.79 Å². The summed E-state index contributed by atoms with van der Waals surface area (Å²) in [5.74, 6) is -0.399. The second-order valence-corrected chi connectivity index (χ2v) is 6.25. The first kappa shape index (κ1) is 14.8. The van der Waals surface area contributed by atoms with Crippen LogP contribution in [0.5, 0.6) is 11.5 Å². The van der Waals surface area contributed by atoms with Gasteiger partial charge in [0.15, 0.2) is 5.13 Å². The summed E-state index contributed by atoms with van der Waals surface area (Å²) in [7, 11) is 0. The second-order valence-electron chi connectivity index (χ2n) is 5.39. The van der Waals surface area contributed by atoms with Gasteiger partial charge in [0, 0.05) is 22.9 Å². The molecule has 3 rings (SSSR count). The Hall–Kier alpha value is -2.12. The number of nitrogens with zero attached hydrogens (tertiary/aromatic N) is 1. The molecule has 2 atom stereocenters. The molecule has 1 aliphatic carbocycles. The van der Waals surface area contributed by atoms with E-state index in [1.165, 1.54) is 23.5 Å². The van der Waals surface area contributed by atoms with Crippen LogP contribution in [-0.4, -0.2) is 32.3 Å². The van der Waals surface area contributed by atoms with Crippen LogP contribution in [0, 0.1) is 5.92 Å². The number of aliphatic hydroxyl groups is 1. The third-order valence-electron chi connectivity index (χ3n) is 3.77. The molecule has 0 unspecified atom stereocenters. The van der Waals surface area contributed by atoms with Gasteiger partial charge in [0.25, 0.3) is 0 Å². The Balaban J connectivity index is 1.72. The molecular weight excluding hydrogens is 304 g/mol. The molecule has 1 heterocycles. The van der Waals surface area contributed by atoms with Crippen molar-refractivity contribution in [3.63, 3.8) is 0 Å². The van der Waals surface area contributed by atoms with Crippen molar-refractivity contribution in [1.82, 2.24) is 4.98 Å². The van der Waals surface area contributed by atoms with Crippen molar-refractivity contribution >= 4 is 22.4 Å². The number of phenols is 2. The average molecular weight is 320 g/mol. The van der Waals surface area contributed by atoms with Gasteiger partial charge in [0.2, 0.25) is 5.91 Å². The Bertz CT molecular complexity index is 701. The summed E-state index contributed by atoms with van der Waals surface area (Å²) in [6, 6.07) is 4.28. The minimum Gasteiger partial charge on any atom is -0.508 e. The van der Waals surface area contributed by atoms with Crippen molar-refractivity contribution in [1.29, 1.82) is 0 Å². The molecule has 0 radical (unpaired) electrons. The number of anilines is 1. The molecule has 6 nitrogen and oxygen atoms in total. The van der Waals surface area contributed by atoms with Crippen LogP contribution in [0.15, 0.2) is 23.6 Å². The number of carbonyl (C=O) groups excluding carboxylic acids is 1. The molecule has 1 fully saturated rings. The standard InChI is InChI=1S/C15H16N2O4S/c18-9-2-1-8(5-9)14(21)17-15-16-12(7-22-15)11-4-3-10(19)6-13(11)20/h3-4,6-9,18-20H,1-2,5H2,(H,16,17,21)/t8-,9+/m0/s1. The quantitative estimate of drug-likeness (QED) is 0.695. The van der Waals surface area contributed by atoms with E-state index in [0.29, 0.717) is 35.7 Å². The Labute approximate surface area is 131 Å². The summed E-state index contributed by atoms with van der Waals surface area (Å²) >= 11 is 1.27. The van der Waals surface area contributed by atoms with Crippen molar-refractivity contribution in [2.45, 2.75) is 25.4 Å². The SMILES string of the molecule is O=C(Nc1nc(-c2ccc(O)cc2O)cs1)[C@H]1CC[C@@H](O)C1. The molecule has 22 heavy (non-hydrogen) atoms. The van der Waals surface area contributed by atoms with Gasteiger partial charge in [-0.05, 0) is 31.4 Å². The maximum atomic E-state index is 12.1. The number of aliphatic hydroxyl groups excluding tert-OH is 1. The Morgan fingerprint density at radius 1 is 1.32 bits per heavy atom. The monoisotopic (exact) mass is 320 g/mol. The Morgan fingerprint density at radius 3 is 2.82 bits per heavy atom. The minimum atomic E-state index is -0.392. The third-order valence-corrected chi connectivity index (χ3v) is 4.53. The van der Waals surface area contributed by atoms with E-state index in [0.717, 1.165) is 0 Å². The zero-order valence-corrected chi connectivity index (χ0v) is 12.5. The summed E-state index contributed by atoms with van der Waals surface area (Å²) in [6.07, 6.45) is 1.44. The number of thiazole rings is 1. The van der Waals surface area contributed by atoms with E-state index in [4.69, 9.17) is 0 Å². The average Bonchev–Trinajstić information content (AvgIpc) is 3.08. The molecular formula is C15H16N2O4S. The second kappa shape index (κ2) is 5.94. The molecule has 0 spiro atoms. The van der Waals surface area contributed by atoms with E-state index < -0.39 is 6.10 Å². The first-order valence-electron chi connectivity index (χ1n) is 6.99. The normalized spacial score (nSPS) is 21.0. The number of hydrogen-bond acceptors (Lipinski definition) is 6. The highest BCUT2D eigenvalue weighted by Crippen LogP contribution is 2.34. The number of rotatable bonds is 3. The van der Waals surface area contributed by atoms with Crippen LogP contribution in [0.3, 0.4) is 0 Å². The highest BCUT2D eigenvalue weighted by atomic mass is 32.1. The van der Waals surface area contributed by atoms with Gasteiger partial charge in [-0.2, -0.15) is 0 Å². The van der Waals surface area contributed by atoms with E-state index in [1.54, 1.807) is 11.4 Å². The number of benzene rings is 1. The number of aromatic hydroxyl groups is 2. The predicted molar refractivity (Wildman–Crippen MR) is 82.9 cm³/mol. The van der Waals surface area contributed by atoms with Crippen LogP contribution in [0.4, 0.5) is 5.13 Å². The van der Waals surface area contributed by atoms with Crippen LogP contribution in [0.2, 0.25) is 0 Å². The fourth-order valence-corrected chi connectivity index (χ4v) is 3.31. The maximum Gasteiger partial charge on any atom is 0.229 e. The predicted octanol–water partition coefficient (Wildman–Crippen LogP) is 2.32. The number of hydrogen-bond donors (Lipinski definition) is 4. The van der Waals surface area contributed by atoms with Gasteiger partial charge in [0.05, 0.1) is 11.8 Å². The number of amides is 1. The summed E-state index contributed by atoms with van der Waals surface area (Å²) in [4.78, 5) is 16.4. The van der Waals surface area contributed by atoms with Gasteiger partial charge in [-0.1, -0.05) is 0 Å². The lowest BCUT2D eigenvalue weighted by Crippen LogP contribution is -2.21. The van der Waals surface area contributed by atoms with Gasteiger partial charge >= 0.3 is 0 Å². The lowest BCUT2D eigenvalue weighted by molar-refractivity contribution is -0.119. The van der Waals surface area contributed by atoms with Gasteiger partial charge < -0.3 is 20.6 Å². The lowest BCUT2D eigenvalue weighted by Gasteiger charge is -2.08. The molecule has 0 aliphatic heterocycles. The lowest BCUT2D eigenvalue weighted by atomic mass is 10.1. The number of phenolic OH excluding ortho intramolecular Hbond substituents is 2. The van der Waals surface area contributed by atoms with Gasteiger partial charge in [-0.25, -0.2) is 4.98 Å². The fraction of sp³-hybridized carbons (Fsp3) is 0.333. The number of aromatic nitrogens is 1. The summed E-state index contributed by atoms with van der Waals surface area (Å²) in [6.45, 7) is 0. The molecule has 1 aromatic carbocycles. The summed E-state index contributed by atoms with van der Waals surface area (Å²) in [5.41, 5.74) is 1.02. The molecule has 0 saturated heterocycles. The third kappa shape index (κ3) is 3.05. The Kier molecular flexibility index (Phi) is 4.00. The summed E-state index contributed by atoms with van der Waals surface area (Å²) in [5, 5.41) is 33.5. The molecule has 0 bridgehead atoms. The van der Waals surface area contributed by atoms with E-state index in [2.05, 4.69) is 10.3 Å². The first-order valence-corrected chi connectivity index (χ1v) is 7.87. The Morgan fingerprint density at radius 2 is 2.14 bits per heavy atom. The van der Waals surface area contributed by atoms with Crippen LogP contribution >= 0.6 is 11.3 Å². The molecule has 1 aliphatic rings. The van der Waals surface area contributed by atoms with Gasteiger partial charge in [0.1, 0.15) is 11.5 Å². The zero-order valence-electron chi connectivity index (χ0n) is 11.7.